The molecule has 2 heteroatoms. The molecule has 2 aromatic carbocycles. The number of hydrogen-bond donors (Lipinski definition) is 1. The number of hydrogen-bond acceptors (Lipinski definition) is 2. The van der Waals surface area contributed by atoms with Crippen molar-refractivity contribution in [1.82, 2.24) is 5.32 Å². The first-order valence-electron chi connectivity index (χ1n) is 6.94. The van der Waals surface area contributed by atoms with Gasteiger partial charge in [-0.05, 0) is 31.0 Å². The van der Waals surface area contributed by atoms with Crippen molar-refractivity contribution >= 4 is 0 Å². The number of ether oxygens (including phenoxy) is 1. The van der Waals surface area contributed by atoms with Gasteiger partial charge in [-0.15, -0.1) is 0 Å². The lowest BCUT2D eigenvalue weighted by Crippen LogP contribution is -2.28. The van der Waals surface area contributed by atoms with Gasteiger partial charge in [0.2, 0.25) is 0 Å². The van der Waals surface area contributed by atoms with E-state index < -0.39 is 0 Å². The van der Waals surface area contributed by atoms with Crippen LogP contribution in [0.2, 0.25) is 0 Å². The predicted molar refractivity (Wildman–Crippen MR) is 78.4 cm³/mol. The van der Waals surface area contributed by atoms with E-state index in [0.29, 0.717) is 6.04 Å². The fourth-order valence-corrected chi connectivity index (χ4v) is 2.54. The molecule has 98 valence electrons. The molecule has 1 N–H and O–H groups in total. The molecule has 0 amide bonds. The lowest BCUT2D eigenvalue weighted by Gasteiger charge is -2.15. The summed E-state index contributed by atoms with van der Waals surface area (Å²) in [4.78, 5) is 0. The van der Waals surface area contributed by atoms with Crippen LogP contribution in [0.3, 0.4) is 0 Å². The van der Waals surface area contributed by atoms with Gasteiger partial charge in [0.15, 0.2) is 0 Å². The Morgan fingerprint density at radius 1 is 1.00 bits per heavy atom. The van der Waals surface area contributed by atoms with E-state index in [-0.39, 0.29) is 0 Å². The van der Waals surface area contributed by atoms with Crippen LogP contribution in [0.15, 0.2) is 54.6 Å². The van der Waals surface area contributed by atoms with Crippen molar-refractivity contribution in [1.29, 1.82) is 0 Å². The fourth-order valence-electron chi connectivity index (χ4n) is 2.54. The number of benzene rings is 2. The normalized spacial score (nSPS) is 18.4. The maximum absolute atomic E-state index is 6.01. The molecule has 3 rings (SSSR count). The molecule has 0 radical (unpaired) electrons. The minimum absolute atomic E-state index is 0.504. The molecule has 1 aliphatic heterocycles. The number of rotatable bonds is 4. The van der Waals surface area contributed by atoms with Crippen molar-refractivity contribution in [3.8, 4) is 16.9 Å². The second kappa shape index (κ2) is 5.89. The van der Waals surface area contributed by atoms with Crippen molar-refractivity contribution in [3.63, 3.8) is 0 Å². The summed E-state index contributed by atoms with van der Waals surface area (Å²) in [6, 6.07) is 19.2. The maximum Gasteiger partial charge on any atom is 0.127 e. The van der Waals surface area contributed by atoms with E-state index in [1.165, 1.54) is 24.0 Å². The molecule has 0 aliphatic carbocycles. The lowest BCUT2D eigenvalue weighted by atomic mass is 10.0. The van der Waals surface area contributed by atoms with Gasteiger partial charge in [-0.25, -0.2) is 0 Å². The van der Waals surface area contributed by atoms with Crippen LogP contribution >= 0.6 is 0 Å². The molecule has 0 spiro atoms. The van der Waals surface area contributed by atoms with E-state index in [2.05, 4.69) is 47.8 Å². The van der Waals surface area contributed by atoms with Crippen LogP contribution in [0.4, 0.5) is 0 Å². The minimum atomic E-state index is 0.504. The standard InChI is InChI=1S/C17H19NO/c1-2-7-14(8-3-1)16-10-4-5-11-17(16)19-13-15-9-6-12-18-15/h1-5,7-8,10-11,15,18H,6,9,12-13H2/t15-/m1/s1. The molecule has 1 fully saturated rings. The van der Waals surface area contributed by atoms with E-state index in [9.17, 15) is 0 Å². The summed E-state index contributed by atoms with van der Waals surface area (Å²) in [5.74, 6) is 0.974. The van der Waals surface area contributed by atoms with Crippen LogP contribution in [-0.4, -0.2) is 19.2 Å². The second-order valence-electron chi connectivity index (χ2n) is 4.97. The van der Waals surface area contributed by atoms with Crippen LogP contribution < -0.4 is 10.1 Å². The fraction of sp³-hybridized carbons (Fsp3) is 0.294. The number of nitrogens with one attached hydrogen (secondary N) is 1. The quantitative estimate of drug-likeness (QED) is 0.900. The third kappa shape index (κ3) is 2.96. The highest BCUT2D eigenvalue weighted by atomic mass is 16.5. The molecule has 1 saturated heterocycles. The van der Waals surface area contributed by atoms with Crippen molar-refractivity contribution in [2.24, 2.45) is 0 Å². The Balaban J connectivity index is 1.77. The van der Waals surface area contributed by atoms with Gasteiger partial charge in [0.25, 0.3) is 0 Å². The predicted octanol–water partition coefficient (Wildman–Crippen LogP) is 3.48. The highest BCUT2D eigenvalue weighted by molar-refractivity contribution is 5.70. The van der Waals surface area contributed by atoms with Crippen LogP contribution in [0.5, 0.6) is 5.75 Å². The average molecular weight is 253 g/mol. The first kappa shape index (κ1) is 12.2. The van der Waals surface area contributed by atoms with E-state index in [4.69, 9.17) is 4.74 Å². The molecule has 1 heterocycles. The molecule has 1 aliphatic rings. The van der Waals surface area contributed by atoms with Gasteiger partial charge in [-0.2, -0.15) is 0 Å². The first-order valence-corrected chi connectivity index (χ1v) is 6.94. The van der Waals surface area contributed by atoms with E-state index in [0.717, 1.165) is 18.9 Å². The largest absolute Gasteiger partial charge is 0.491 e. The summed E-state index contributed by atoms with van der Waals surface area (Å²) in [5, 5.41) is 3.46. The van der Waals surface area contributed by atoms with E-state index >= 15 is 0 Å². The molecule has 2 nitrogen and oxygen atoms in total. The third-order valence-electron chi connectivity index (χ3n) is 3.57. The summed E-state index contributed by atoms with van der Waals surface area (Å²) in [6.45, 7) is 1.87. The zero-order valence-electron chi connectivity index (χ0n) is 11.0. The zero-order valence-corrected chi connectivity index (χ0v) is 11.0. The molecule has 1 atom stereocenters. The summed E-state index contributed by atoms with van der Waals surface area (Å²) in [5.41, 5.74) is 2.37. The summed E-state index contributed by atoms with van der Waals surface area (Å²) < 4.78 is 6.01. The van der Waals surface area contributed by atoms with Crippen LogP contribution in [0.25, 0.3) is 11.1 Å². The third-order valence-corrected chi connectivity index (χ3v) is 3.57. The van der Waals surface area contributed by atoms with Crippen molar-refractivity contribution in [3.05, 3.63) is 54.6 Å². The van der Waals surface area contributed by atoms with Gasteiger partial charge in [0.05, 0.1) is 0 Å². The molecule has 0 unspecified atom stereocenters. The van der Waals surface area contributed by atoms with Gasteiger partial charge in [0.1, 0.15) is 12.4 Å². The number of para-hydroxylation sites is 1. The van der Waals surface area contributed by atoms with Gasteiger partial charge >= 0.3 is 0 Å². The SMILES string of the molecule is c1ccc(-c2ccccc2OC[C@H]2CCCN2)cc1. The Kier molecular flexibility index (Phi) is 3.80. The van der Waals surface area contributed by atoms with E-state index in [1.807, 2.05) is 12.1 Å². The van der Waals surface area contributed by atoms with Crippen molar-refractivity contribution in [2.75, 3.05) is 13.2 Å². The van der Waals surface area contributed by atoms with Crippen molar-refractivity contribution < 1.29 is 4.74 Å². The summed E-state index contributed by atoms with van der Waals surface area (Å²) >= 11 is 0. The van der Waals surface area contributed by atoms with Crippen molar-refractivity contribution in [2.45, 2.75) is 18.9 Å². The van der Waals surface area contributed by atoms with Gasteiger partial charge < -0.3 is 10.1 Å². The van der Waals surface area contributed by atoms with Gasteiger partial charge in [-0.1, -0.05) is 48.5 Å². The Hall–Kier alpha value is -1.80. The second-order valence-corrected chi connectivity index (χ2v) is 4.97. The van der Waals surface area contributed by atoms with Crippen LogP contribution in [0, 0.1) is 0 Å². The Labute approximate surface area is 114 Å². The molecule has 0 bridgehead atoms. The van der Waals surface area contributed by atoms with Crippen LogP contribution in [0.1, 0.15) is 12.8 Å². The molecule has 2 aromatic rings. The first-order chi connectivity index (χ1) is 9.43. The monoisotopic (exact) mass is 253 g/mol. The van der Waals surface area contributed by atoms with E-state index in [1.54, 1.807) is 0 Å². The zero-order chi connectivity index (χ0) is 12.9. The minimum Gasteiger partial charge on any atom is -0.491 e. The van der Waals surface area contributed by atoms with Crippen LogP contribution in [-0.2, 0) is 0 Å². The van der Waals surface area contributed by atoms with Gasteiger partial charge in [0, 0.05) is 11.6 Å². The molecule has 0 aromatic heterocycles. The Bertz CT molecular complexity index is 518. The Morgan fingerprint density at radius 2 is 1.79 bits per heavy atom. The average Bonchev–Trinajstić information content (AvgIpc) is 3.00. The smallest absolute Gasteiger partial charge is 0.127 e. The molecule has 19 heavy (non-hydrogen) atoms. The highest BCUT2D eigenvalue weighted by Crippen LogP contribution is 2.29. The molecular weight excluding hydrogens is 234 g/mol. The topological polar surface area (TPSA) is 21.3 Å². The van der Waals surface area contributed by atoms with Gasteiger partial charge in [-0.3, -0.25) is 0 Å². The lowest BCUT2D eigenvalue weighted by molar-refractivity contribution is 0.278. The summed E-state index contributed by atoms with van der Waals surface area (Å²) in [6.07, 6.45) is 2.47. The molecule has 0 saturated carbocycles. The molecular formula is C17H19NO. The summed E-state index contributed by atoms with van der Waals surface area (Å²) in [7, 11) is 0. The highest BCUT2D eigenvalue weighted by Gasteiger charge is 2.15. The Morgan fingerprint density at radius 3 is 2.58 bits per heavy atom. The maximum atomic E-state index is 6.01.